The van der Waals surface area contributed by atoms with Gasteiger partial charge in [0.2, 0.25) is 5.88 Å². The molecule has 26 heavy (non-hydrogen) atoms. The van der Waals surface area contributed by atoms with Crippen LogP contribution in [-0.4, -0.2) is 44.3 Å². The molecule has 1 saturated heterocycles. The molecule has 1 atom stereocenters. The lowest BCUT2D eigenvalue weighted by Crippen LogP contribution is -2.16. The predicted octanol–water partition coefficient (Wildman–Crippen LogP) is 2.76. The molecule has 1 aromatic carbocycles. The van der Waals surface area contributed by atoms with Crippen LogP contribution in [0.1, 0.15) is 6.42 Å². The van der Waals surface area contributed by atoms with E-state index in [0.717, 1.165) is 46.5 Å². The predicted molar refractivity (Wildman–Crippen MR) is 97.7 cm³/mol. The highest BCUT2D eigenvalue weighted by Gasteiger charge is 2.20. The molecule has 1 fully saturated rings. The molecule has 0 amide bonds. The second-order valence-corrected chi connectivity index (χ2v) is 6.36. The van der Waals surface area contributed by atoms with Gasteiger partial charge in [0.15, 0.2) is 11.5 Å². The fraction of sp³-hybridized carbons (Fsp3) is 0.278. The standard InChI is InChI=1S/C18H18N6O2/c1-24-15-9-11(20-17-14-3-2-7-19-16(14)21-22-17)4-5-13(15)18(23-24)26-12-6-8-25-10-12/h2-5,7,9,12H,6,8,10H2,1H3,(H2,19,20,21,22)/t12-/m0/s1. The Balaban J connectivity index is 1.47. The molecule has 4 heterocycles. The van der Waals surface area contributed by atoms with Gasteiger partial charge in [0, 0.05) is 25.4 Å². The molecule has 4 aromatic rings. The number of aromatic amines is 1. The van der Waals surface area contributed by atoms with Crippen LogP contribution in [0.4, 0.5) is 11.5 Å². The van der Waals surface area contributed by atoms with Crippen LogP contribution in [0, 0.1) is 0 Å². The Hall–Kier alpha value is -3.13. The van der Waals surface area contributed by atoms with Crippen molar-refractivity contribution in [3.63, 3.8) is 0 Å². The van der Waals surface area contributed by atoms with Crippen molar-refractivity contribution in [1.29, 1.82) is 0 Å². The summed E-state index contributed by atoms with van der Waals surface area (Å²) in [6, 6.07) is 9.93. The average molecular weight is 350 g/mol. The zero-order valence-corrected chi connectivity index (χ0v) is 14.3. The first kappa shape index (κ1) is 15.2. The van der Waals surface area contributed by atoms with Gasteiger partial charge < -0.3 is 14.8 Å². The topological polar surface area (TPSA) is 89.9 Å². The number of hydrogen-bond donors (Lipinski definition) is 2. The third-order valence-corrected chi connectivity index (χ3v) is 4.58. The zero-order chi connectivity index (χ0) is 17.5. The van der Waals surface area contributed by atoms with Gasteiger partial charge in [-0.05, 0) is 30.3 Å². The van der Waals surface area contributed by atoms with Crippen LogP contribution in [-0.2, 0) is 11.8 Å². The van der Waals surface area contributed by atoms with Crippen LogP contribution in [0.5, 0.6) is 5.88 Å². The van der Waals surface area contributed by atoms with Crippen molar-refractivity contribution >= 4 is 33.4 Å². The molecule has 5 rings (SSSR count). The van der Waals surface area contributed by atoms with E-state index in [2.05, 4.69) is 25.6 Å². The number of fused-ring (bicyclic) bond motifs is 2. The Morgan fingerprint density at radius 3 is 3.15 bits per heavy atom. The third kappa shape index (κ3) is 2.55. The van der Waals surface area contributed by atoms with E-state index in [1.807, 2.05) is 42.1 Å². The molecule has 0 spiro atoms. The number of H-pyrrole nitrogens is 1. The van der Waals surface area contributed by atoms with Crippen LogP contribution in [0.15, 0.2) is 36.5 Å². The minimum absolute atomic E-state index is 0.0776. The van der Waals surface area contributed by atoms with Gasteiger partial charge in [-0.1, -0.05) is 0 Å². The molecule has 0 saturated carbocycles. The normalized spacial score (nSPS) is 17.2. The molecular weight excluding hydrogens is 332 g/mol. The van der Waals surface area contributed by atoms with Crippen molar-refractivity contribution in [3.05, 3.63) is 36.5 Å². The van der Waals surface area contributed by atoms with E-state index in [0.29, 0.717) is 12.5 Å². The first-order valence-electron chi connectivity index (χ1n) is 8.55. The molecule has 0 bridgehead atoms. The van der Waals surface area contributed by atoms with Gasteiger partial charge in [0.1, 0.15) is 6.10 Å². The van der Waals surface area contributed by atoms with Crippen LogP contribution in [0.2, 0.25) is 0 Å². The number of aromatic nitrogens is 5. The summed E-state index contributed by atoms with van der Waals surface area (Å²) in [5, 5.41) is 17.0. The van der Waals surface area contributed by atoms with Gasteiger partial charge in [-0.25, -0.2) is 4.98 Å². The van der Waals surface area contributed by atoms with Crippen molar-refractivity contribution in [2.75, 3.05) is 18.5 Å². The summed E-state index contributed by atoms with van der Waals surface area (Å²) in [6.07, 6.45) is 2.72. The molecule has 0 radical (unpaired) electrons. The van der Waals surface area contributed by atoms with E-state index in [1.54, 1.807) is 6.20 Å². The minimum atomic E-state index is 0.0776. The van der Waals surface area contributed by atoms with Gasteiger partial charge >= 0.3 is 0 Å². The van der Waals surface area contributed by atoms with Crippen LogP contribution >= 0.6 is 0 Å². The second kappa shape index (κ2) is 5.99. The highest BCUT2D eigenvalue weighted by atomic mass is 16.5. The third-order valence-electron chi connectivity index (χ3n) is 4.58. The number of anilines is 2. The maximum absolute atomic E-state index is 6.01. The van der Waals surface area contributed by atoms with E-state index in [1.165, 1.54) is 0 Å². The molecule has 132 valence electrons. The van der Waals surface area contributed by atoms with E-state index >= 15 is 0 Å². The van der Waals surface area contributed by atoms with Gasteiger partial charge in [-0.15, -0.1) is 5.10 Å². The van der Waals surface area contributed by atoms with Crippen molar-refractivity contribution in [2.24, 2.45) is 7.05 Å². The van der Waals surface area contributed by atoms with Crippen LogP contribution in [0.3, 0.4) is 0 Å². The number of nitrogens with one attached hydrogen (secondary N) is 2. The van der Waals surface area contributed by atoms with Crippen LogP contribution < -0.4 is 10.1 Å². The number of nitrogens with zero attached hydrogens (tertiary/aromatic N) is 4. The Labute approximate surface area is 149 Å². The maximum Gasteiger partial charge on any atom is 0.241 e. The summed E-state index contributed by atoms with van der Waals surface area (Å²) in [5.41, 5.74) is 2.67. The molecule has 1 aliphatic heterocycles. The highest BCUT2D eigenvalue weighted by Crippen LogP contribution is 2.30. The van der Waals surface area contributed by atoms with Gasteiger partial charge in [0.05, 0.1) is 29.5 Å². The van der Waals surface area contributed by atoms with E-state index < -0.39 is 0 Å². The van der Waals surface area contributed by atoms with Crippen molar-refractivity contribution in [2.45, 2.75) is 12.5 Å². The summed E-state index contributed by atoms with van der Waals surface area (Å²) >= 11 is 0. The molecular formula is C18H18N6O2. The smallest absolute Gasteiger partial charge is 0.241 e. The lowest BCUT2D eigenvalue weighted by Gasteiger charge is -2.09. The Morgan fingerprint density at radius 2 is 2.27 bits per heavy atom. The van der Waals surface area contributed by atoms with E-state index in [9.17, 15) is 0 Å². The molecule has 0 unspecified atom stereocenters. The van der Waals surface area contributed by atoms with Gasteiger partial charge in [-0.2, -0.15) is 5.10 Å². The van der Waals surface area contributed by atoms with Gasteiger partial charge in [-0.3, -0.25) is 9.78 Å². The van der Waals surface area contributed by atoms with Crippen molar-refractivity contribution in [1.82, 2.24) is 25.0 Å². The summed E-state index contributed by atoms with van der Waals surface area (Å²) in [4.78, 5) is 4.26. The largest absolute Gasteiger partial charge is 0.470 e. The minimum Gasteiger partial charge on any atom is -0.470 e. The first-order valence-corrected chi connectivity index (χ1v) is 8.55. The van der Waals surface area contributed by atoms with Crippen molar-refractivity contribution in [3.8, 4) is 5.88 Å². The first-order chi connectivity index (χ1) is 12.8. The average Bonchev–Trinajstić information content (AvgIpc) is 3.37. The quantitative estimate of drug-likeness (QED) is 0.588. The maximum atomic E-state index is 6.01. The number of ether oxygens (including phenoxy) is 2. The highest BCUT2D eigenvalue weighted by molar-refractivity contribution is 5.92. The van der Waals surface area contributed by atoms with E-state index in [-0.39, 0.29) is 6.10 Å². The van der Waals surface area contributed by atoms with Crippen molar-refractivity contribution < 1.29 is 9.47 Å². The number of pyridine rings is 1. The molecule has 8 heteroatoms. The number of rotatable bonds is 4. The number of aryl methyl sites for hydroxylation is 1. The monoisotopic (exact) mass is 350 g/mol. The summed E-state index contributed by atoms with van der Waals surface area (Å²) in [7, 11) is 1.91. The summed E-state index contributed by atoms with van der Waals surface area (Å²) in [5.74, 6) is 1.40. The molecule has 0 aliphatic carbocycles. The van der Waals surface area contributed by atoms with Crippen LogP contribution in [0.25, 0.3) is 21.9 Å². The molecule has 3 aromatic heterocycles. The summed E-state index contributed by atoms with van der Waals surface area (Å²) < 4.78 is 13.2. The molecule has 8 nitrogen and oxygen atoms in total. The Kier molecular flexibility index (Phi) is 3.49. The Bertz CT molecular complexity index is 1080. The number of benzene rings is 1. The van der Waals surface area contributed by atoms with Gasteiger partial charge in [0.25, 0.3) is 0 Å². The summed E-state index contributed by atoms with van der Waals surface area (Å²) in [6.45, 7) is 1.37. The second-order valence-electron chi connectivity index (χ2n) is 6.36. The Morgan fingerprint density at radius 1 is 1.31 bits per heavy atom. The van der Waals surface area contributed by atoms with E-state index in [4.69, 9.17) is 9.47 Å². The number of hydrogen-bond acceptors (Lipinski definition) is 6. The fourth-order valence-electron chi connectivity index (χ4n) is 3.24. The SMILES string of the molecule is Cn1nc(O[C@H]2CCOC2)c2ccc(Nc3n[nH]c4ncccc34)cc21. The zero-order valence-electron chi connectivity index (χ0n) is 14.3. The molecule has 2 N–H and O–H groups in total. The lowest BCUT2D eigenvalue weighted by molar-refractivity contribution is 0.138. The molecule has 1 aliphatic rings. The fourth-order valence-corrected chi connectivity index (χ4v) is 3.24. The lowest BCUT2D eigenvalue weighted by atomic mass is 10.2.